The highest BCUT2D eigenvalue weighted by molar-refractivity contribution is 5.76. The van der Waals surface area contributed by atoms with Crippen molar-refractivity contribution < 1.29 is 33.7 Å². The summed E-state index contributed by atoms with van der Waals surface area (Å²) < 4.78 is 16.9. The van der Waals surface area contributed by atoms with Gasteiger partial charge < -0.3 is 24.2 Å². The molecule has 282 valence electrons. The highest BCUT2D eigenvalue weighted by Crippen LogP contribution is 2.36. The number of likely N-dealkylation sites (tertiary alicyclic amines) is 1. The predicted molar refractivity (Wildman–Crippen MR) is 199 cm³/mol. The molecule has 1 unspecified atom stereocenters. The van der Waals surface area contributed by atoms with Crippen LogP contribution in [-0.4, -0.2) is 57.9 Å². The Balaban J connectivity index is 0.000000404. The van der Waals surface area contributed by atoms with Crippen LogP contribution in [0.3, 0.4) is 0 Å². The van der Waals surface area contributed by atoms with Crippen molar-refractivity contribution in [2.75, 3.05) is 13.1 Å². The quantitative estimate of drug-likeness (QED) is 0.203. The first-order chi connectivity index (χ1) is 22.4. The van der Waals surface area contributed by atoms with Crippen molar-refractivity contribution in [2.45, 2.75) is 177 Å². The molecule has 1 heterocycles. The lowest BCUT2D eigenvalue weighted by atomic mass is 9.82. The van der Waals surface area contributed by atoms with E-state index in [9.17, 15) is 14.4 Å². The first-order valence-electron chi connectivity index (χ1n) is 18.7. The molecule has 1 aromatic rings. The van der Waals surface area contributed by atoms with E-state index in [2.05, 4.69) is 20.8 Å². The first-order valence-corrected chi connectivity index (χ1v) is 18.7. The number of hydrogen-bond donors (Lipinski definition) is 1. The van der Waals surface area contributed by atoms with E-state index in [1.807, 2.05) is 88.3 Å². The number of nitrogens with zero attached hydrogens (tertiary/aromatic N) is 1. The summed E-state index contributed by atoms with van der Waals surface area (Å²) in [5.74, 6) is 0.995. The van der Waals surface area contributed by atoms with Crippen LogP contribution in [0.15, 0.2) is 24.3 Å². The Labute approximate surface area is 299 Å². The Hall–Kier alpha value is -2.77. The van der Waals surface area contributed by atoms with E-state index in [4.69, 9.17) is 19.3 Å². The molecular weight excluding hydrogens is 618 g/mol. The van der Waals surface area contributed by atoms with Gasteiger partial charge in [0, 0.05) is 19.0 Å². The van der Waals surface area contributed by atoms with Gasteiger partial charge in [0.25, 0.3) is 0 Å². The largest absolute Gasteiger partial charge is 0.508 e. The van der Waals surface area contributed by atoms with Crippen LogP contribution in [0.1, 0.15) is 166 Å². The summed E-state index contributed by atoms with van der Waals surface area (Å²) in [4.78, 5) is 38.1. The van der Waals surface area contributed by atoms with E-state index < -0.39 is 16.6 Å². The molecule has 2 fully saturated rings. The van der Waals surface area contributed by atoms with Gasteiger partial charge in [0.15, 0.2) is 0 Å². The van der Waals surface area contributed by atoms with Crippen molar-refractivity contribution in [1.82, 2.24) is 4.90 Å². The Bertz CT molecular complexity index is 1170. The fourth-order valence-corrected chi connectivity index (χ4v) is 5.46. The molecule has 0 aromatic heterocycles. The molecule has 1 aromatic carbocycles. The van der Waals surface area contributed by atoms with Gasteiger partial charge in [0.05, 0.1) is 10.8 Å². The second-order valence-corrected chi connectivity index (χ2v) is 17.2. The lowest BCUT2D eigenvalue weighted by Crippen LogP contribution is -2.48. The van der Waals surface area contributed by atoms with E-state index in [0.29, 0.717) is 24.8 Å². The molecule has 1 atom stereocenters. The Morgan fingerprint density at radius 3 is 1.71 bits per heavy atom. The lowest BCUT2D eigenvalue weighted by molar-refractivity contribution is -0.174. The average Bonchev–Trinajstić information content (AvgIpc) is 3.46. The van der Waals surface area contributed by atoms with Crippen LogP contribution >= 0.6 is 0 Å². The van der Waals surface area contributed by atoms with Crippen LogP contribution in [0.25, 0.3) is 0 Å². The smallest absolute Gasteiger partial charge is 0.410 e. The van der Waals surface area contributed by atoms with Crippen molar-refractivity contribution in [3.63, 3.8) is 0 Å². The molecular formula is C41H71NO7. The van der Waals surface area contributed by atoms with Crippen molar-refractivity contribution in [3.05, 3.63) is 29.8 Å². The van der Waals surface area contributed by atoms with Gasteiger partial charge >= 0.3 is 18.0 Å². The maximum absolute atomic E-state index is 12.4. The third-order valence-corrected chi connectivity index (χ3v) is 10.4. The van der Waals surface area contributed by atoms with E-state index in [1.54, 1.807) is 17.0 Å². The molecule has 0 radical (unpaired) electrons. The fourth-order valence-electron chi connectivity index (χ4n) is 5.46. The SMILES string of the molecule is CCC(C)(C)C(=O)OC(C)(C)C1CCN(C(=O)OC(C)(C)C)CC1.CCC(C)(C)C(=O)OC1(C)CCCC1.CCC(C)c1ccc(O)cc1. The van der Waals surface area contributed by atoms with Crippen LogP contribution in [0.2, 0.25) is 0 Å². The van der Waals surface area contributed by atoms with Gasteiger partial charge in [0.1, 0.15) is 22.6 Å². The number of rotatable bonds is 9. The number of hydrogen-bond acceptors (Lipinski definition) is 7. The van der Waals surface area contributed by atoms with Crippen LogP contribution in [0.4, 0.5) is 4.79 Å². The third kappa shape index (κ3) is 14.9. The van der Waals surface area contributed by atoms with Crippen molar-refractivity contribution in [1.29, 1.82) is 0 Å². The summed E-state index contributed by atoms with van der Waals surface area (Å²) >= 11 is 0. The molecule has 49 heavy (non-hydrogen) atoms. The van der Waals surface area contributed by atoms with Crippen LogP contribution < -0.4 is 0 Å². The molecule has 1 amide bonds. The minimum absolute atomic E-state index is 0.0376. The number of piperidine rings is 1. The monoisotopic (exact) mass is 690 g/mol. The Morgan fingerprint density at radius 2 is 1.29 bits per heavy atom. The van der Waals surface area contributed by atoms with Gasteiger partial charge in [-0.3, -0.25) is 9.59 Å². The Morgan fingerprint density at radius 1 is 0.816 bits per heavy atom. The summed E-state index contributed by atoms with van der Waals surface area (Å²) in [6.07, 6.45) is 8.52. The van der Waals surface area contributed by atoms with Gasteiger partial charge in [-0.2, -0.15) is 0 Å². The van der Waals surface area contributed by atoms with Gasteiger partial charge in [-0.05, 0) is 151 Å². The Kier molecular flexibility index (Phi) is 16.7. The number of aromatic hydroxyl groups is 1. The van der Waals surface area contributed by atoms with E-state index >= 15 is 0 Å². The van der Waals surface area contributed by atoms with Gasteiger partial charge in [0.2, 0.25) is 0 Å². The number of esters is 2. The second-order valence-electron chi connectivity index (χ2n) is 17.2. The van der Waals surface area contributed by atoms with Gasteiger partial charge in [-0.15, -0.1) is 0 Å². The number of phenolic OH excluding ortho intramolecular Hbond substituents is 1. The van der Waals surface area contributed by atoms with Crippen LogP contribution in [0.5, 0.6) is 5.75 Å². The van der Waals surface area contributed by atoms with E-state index in [1.165, 1.54) is 18.4 Å². The zero-order valence-electron chi connectivity index (χ0n) is 33.6. The molecule has 0 spiro atoms. The van der Waals surface area contributed by atoms with E-state index in [-0.39, 0.29) is 35.0 Å². The minimum atomic E-state index is -0.524. The topological polar surface area (TPSA) is 102 Å². The molecule has 0 bridgehead atoms. The molecule has 1 aliphatic carbocycles. The average molecular weight is 690 g/mol. The molecule has 1 saturated carbocycles. The first kappa shape index (κ1) is 44.3. The molecule has 1 saturated heterocycles. The van der Waals surface area contributed by atoms with Crippen LogP contribution in [0, 0.1) is 16.7 Å². The normalized spacial score (nSPS) is 17.5. The maximum atomic E-state index is 12.4. The molecule has 8 heteroatoms. The fraction of sp³-hybridized carbons (Fsp3) is 0.780. The minimum Gasteiger partial charge on any atom is -0.508 e. The van der Waals surface area contributed by atoms with Crippen molar-refractivity contribution in [3.8, 4) is 5.75 Å². The molecule has 1 N–H and O–H groups in total. The number of carbonyl (C=O) groups excluding carboxylic acids is 3. The standard InChI is InChI=1S/C19H35NO4.C12H22O2.C10H14O/c1-9-18(5,6)15(21)23-19(7,8)14-10-12-20(13-11-14)16(22)24-17(2,3)4;1-5-11(2,3)10(13)14-12(4)8-6-7-9-12;1-3-8(2)9-4-6-10(11)7-5-9/h14H,9-13H2,1-8H3;5-9H2,1-4H3;4-8,11H,3H2,1-2H3. The lowest BCUT2D eigenvalue weighted by Gasteiger charge is -2.41. The van der Waals surface area contributed by atoms with Gasteiger partial charge in [-0.1, -0.05) is 39.8 Å². The molecule has 8 nitrogen and oxygen atoms in total. The predicted octanol–water partition coefficient (Wildman–Crippen LogP) is 10.6. The summed E-state index contributed by atoms with van der Waals surface area (Å²) in [6, 6.07) is 7.43. The summed E-state index contributed by atoms with van der Waals surface area (Å²) in [7, 11) is 0. The number of amides is 1. The number of ether oxygens (including phenoxy) is 3. The second kappa shape index (κ2) is 18.5. The van der Waals surface area contributed by atoms with E-state index in [0.717, 1.165) is 44.9 Å². The van der Waals surface area contributed by atoms with Gasteiger partial charge in [-0.25, -0.2) is 4.79 Å². The zero-order valence-corrected chi connectivity index (χ0v) is 33.6. The molecule has 3 rings (SSSR count). The summed E-state index contributed by atoms with van der Waals surface area (Å²) in [6.45, 7) is 29.0. The summed E-state index contributed by atoms with van der Waals surface area (Å²) in [5.41, 5.74) is -0.674. The molecule has 2 aliphatic rings. The highest BCUT2D eigenvalue weighted by atomic mass is 16.6. The highest BCUT2D eigenvalue weighted by Gasteiger charge is 2.40. The van der Waals surface area contributed by atoms with Crippen molar-refractivity contribution in [2.24, 2.45) is 16.7 Å². The summed E-state index contributed by atoms with van der Waals surface area (Å²) in [5, 5.41) is 9.01. The van der Waals surface area contributed by atoms with Crippen molar-refractivity contribution >= 4 is 18.0 Å². The van der Waals surface area contributed by atoms with Crippen LogP contribution in [-0.2, 0) is 23.8 Å². The maximum Gasteiger partial charge on any atom is 0.410 e. The number of benzene rings is 1. The third-order valence-electron chi connectivity index (χ3n) is 10.4. The zero-order chi connectivity index (χ0) is 37.8. The molecule has 1 aliphatic heterocycles. The number of phenols is 1. The number of carbonyl (C=O) groups is 3.